The van der Waals surface area contributed by atoms with Crippen molar-refractivity contribution in [1.29, 1.82) is 0 Å². The molecule has 86 valence electrons. The third-order valence-electron chi connectivity index (χ3n) is 2.54. The molecule has 0 aromatic rings. The van der Waals surface area contributed by atoms with Crippen molar-refractivity contribution in [3.8, 4) is 0 Å². The molecule has 0 heterocycles. The molecular weight excluding hydrogens is 198 g/mol. The summed E-state index contributed by atoms with van der Waals surface area (Å²) >= 11 is 0. The standard InChI is InChI=1S/C10H23NO2S/c1-8(2)10(11)6-5-7-14(12,13)9(3)4/h8-10H,5-7,11H2,1-4H3. The predicted molar refractivity (Wildman–Crippen MR) is 61.0 cm³/mol. The second-order valence-corrected chi connectivity index (χ2v) is 7.14. The molecule has 14 heavy (non-hydrogen) atoms. The van der Waals surface area contributed by atoms with Gasteiger partial charge in [0.2, 0.25) is 0 Å². The van der Waals surface area contributed by atoms with Crippen LogP contribution in [0.1, 0.15) is 40.5 Å². The summed E-state index contributed by atoms with van der Waals surface area (Å²) in [6, 6.07) is 0.123. The number of hydrogen-bond acceptors (Lipinski definition) is 3. The quantitative estimate of drug-likeness (QED) is 0.740. The average Bonchev–Trinajstić information content (AvgIpc) is 2.03. The first-order valence-electron chi connectivity index (χ1n) is 5.24. The summed E-state index contributed by atoms with van der Waals surface area (Å²) < 4.78 is 22.9. The Balaban J connectivity index is 3.86. The van der Waals surface area contributed by atoms with Crippen LogP contribution in [-0.4, -0.2) is 25.5 Å². The highest BCUT2D eigenvalue weighted by molar-refractivity contribution is 7.91. The average molecular weight is 221 g/mol. The van der Waals surface area contributed by atoms with E-state index in [-0.39, 0.29) is 17.0 Å². The van der Waals surface area contributed by atoms with Crippen LogP contribution in [0.2, 0.25) is 0 Å². The molecule has 1 unspecified atom stereocenters. The molecule has 0 rings (SSSR count). The van der Waals surface area contributed by atoms with E-state index in [1.807, 2.05) is 0 Å². The topological polar surface area (TPSA) is 60.2 Å². The van der Waals surface area contributed by atoms with E-state index in [0.717, 1.165) is 6.42 Å². The van der Waals surface area contributed by atoms with Crippen LogP contribution in [0.5, 0.6) is 0 Å². The zero-order chi connectivity index (χ0) is 11.4. The second-order valence-electron chi connectivity index (χ2n) is 4.47. The Morgan fingerprint density at radius 1 is 1.14 bits per heavy atom. The van der Waals surface area contributed by atoms with Gasteiger partial charge in [0, 0.05) is 6.04 Å². The van der Waals surface area contributed by atoms with Gasteiger partial charge in [-0.1, -0.05) is 13.8 Å². The van der Waals surface area contributed by atoms with E-state index in [9.17, 15) is 8.42 Å². The van der Waals surface area contributed by atoms with Crippen molar-refractivity contribution >= 4 is 9.84 Å². The molecule has 0 saturated heterocycles. The van der Waals surface area contributed by atoms with Crippen LogP contribution in [0.25, 0.3) is 0 Å². The maximum atomic E-state index is 11.4. The Kier molecular flexibility index (Phi) is 5.67. The Morgan fingerprint density at radius 2 is 1.64 bits per heavy atom. The van der Waals surface area contributed by atoms with Crippen molar-refractivity contribution in [2.45, 2.75) is 51.8 Å². The van der Waals surface area contributed by atoms with Crippen LogP contribution in [0, 0.1) is 5.92 Å². The molecule has 2 N–H and O–H groups in total. The van der Waals surface area contributed by atoms with Gasteiger partial charge in [0.25, 0.3) is 0 Å². The summed E-state index contributed by atoms with van der Waals surface area (Å²) in [5.41, 5.74) is 5.83. The van der Waals surface area contributed by atoms with E-state index in [1.54, 1.807) is 13.8 Å². The minimum atomic E-state index is -2.88. The number of hydrogen-bond donors (Lipinski definition) is 1. The summed E-state index contributed by atoms with van der Waals surface area (Å²) in [5, 5.41) is -0.266. The molecule has 0 bridgehead atoms. The Bertz CT molecular complexity index is 245. The number of rotatable bonds is 6. The fourth-order valence-electron chi connectivity index (χ4n) is 1.09. The van der Waals surface area contributed by atoms with Crippen molar-refractivity contribution in [2.24, 2.45) is 11.7 Å². The van der Waals surface area contributed by atoms with Gasteiger partial charge in [-0.25, -0.2) is 8.42 Å². The van der Waals surface area contributed by atoms with Crippen LogP contribution in [0.3, 0.4) is 0 Å². The van der Waals surface area contributed by atoms with Crippen molar-refractivity contribution in [2.75, 3.05) is 5.75 Å². The molecule has 0 aliphatic heterocycles. The first kappa shape index (κ1) is 13.9. The first-order valence-corrected chi connectivity index (χ1v) is 6.96. The fraction of sp³-hybridized carbons (Fsp3) is 1.00. The van der Waals surface area contributed by atoms with Gasteiger partial charge in [-0.3, -0.25) is 0 Å². The molecular formula is C10H23NO2S. The Labute approximate surface area is 88.0 Å². The minimum absolute atomic E-state index is 0.123. The zero-order valence-corrected chi connectivity index (χ0v) is 10.5. The Hall–Kier alpha value is -0.0900. The lowest BCUT2D eigenvalue weighted by atomic mass is 10.0. The Morgan fingerprint density at radius 3 is 2.00 bits per heavy atom. The first-order chi connectivity index (χ1) is 6.27. The van der Waals surface area contributed by atoms with Gasteiger partial charge in [0.05, 0.1) is 11.0 Å². The molecule has 0 aliphatic rings. The van der Waals surface area contributed by atoms with Crippen LogP contribution in [-0.2, 0) is 9.84 Å². The lowest BCUT2D eigenvalue weighted by Crippen LogP contribution is -2.27. The van der Waals surface area contributed by atoms with Crippen molar-refractivity contribution in [3.63, 3.8) is 0 Å². The number of nitrogens with two attached hydrogens (primary N) is 1. The van der Waals surface area contributed by atoms with Crippen molar-refractivity contribution in [1.82, 2.24) is 0 Å². The van der Waals surface area contributed by atoms with Crippen molar-refractivity contribution in [3.05, 3.63) is 0 Å². The molecule has 4 heteroatoms. The lowest BCUT2D eigenvalue weighted by Gasteiger charge is -2.15. The minimum Gasteiger partial charge on any atom is -0.327 e. The lowest BCUT2D eigenvalue weighted by molar-refractivity contribution is 0.459. The monoisotopic (exact) mass is 221 g/mol. The molecule has 3 nitrogen and oxygen atoms in total. The third kappa shape index (κ3) is 4.96. The van der Waals surface area contributed by atoms with Gasteiger partial charge in [-0.15, -0.1) is 0 Å². The normalized spacial score (nSPS) is 15.1. The molecule has 0 saturated carbocycles. The van der Waals surface area contributed by atoms with Crippen LogP contribution in [0.15, 0.2) is 0 Å². The van der Waals surface area contributed by atoms with Crippen LogP contribution in [0.4, 0.5) is 0 Å². The highest BCUT2D eigenvalue weighted by atomic mass is 32.2. The fourth-order valence-corrected chi connectivity index (χ4v) is 2.13. The summed E-state index contributed by atoms with van der Waals surface area (Å²) in [7, 11) is -2.88. The molecule has 0 aromatic heterocycles. The molecule has 1 atom stereocenters. The van der Waals surface area contributed by atoms with E-state index >= 15 is 0 Å². The van der Waals surface area contributed by atoms with E-state index in [4.69, 9.17) is 5.73 Å². The van der Waals surface area contributed by atoms with Gasteiger partial charge in [0.1, 0.15) is 0 Å². The van der Waals surface area contributed by atoms with E-state index < -0.39 is 9.84 Å². The van der Waals surface area contributed by atoms with Crippen LogP contribution >= 0.6 is 0 Å². The SMILES string of the molecule is CC(C)C(N)CCCS(=O)(=O)C(C)C. The third-order valence-corrected chi connectivity index (χ3v) is 4.84. The molecule has 0 spiro atoms. The maximum absolute atomic E-state index is 11.4. The summed E-state index contributed by atoms with van der Waals surface area (Å²) in [6.45, 7) is 7.55. The maximum Gasteiger partial charge on any atom is 0.152 e. The van der Waals surface area contributed by atoms with E-state index in [1.165, 1.54) is 0 Å². The largest absolute Gasteiger partial charge is 0.327 e. The molecule has 0 fully saturated rings. The predicted octanol–water partition coefficient (Wildman–Crippen LogP) is 1.57. The molecule has 0 radical (unpaired) electrons. The second kappa shape index (κ2) is 5.71. The van der Waals surface area contributed by atoms with Crippen molar-refractivity contribution < 1.29 is 8.42 Å². The summed E-state index contributed by atoms with van der Waals surface area (Å²) in [4.78, 5) is 0. The van der Waals surface area contributed by atoms with Gasteiger partial charge in [-0.05, 0) is 32.6 Å². The molecule has 0 aliphatic carbocycles. The molecule has 0 amide bonds. The zero-order valence-electron chi connectivity index (χ0n) is 9.66. The smallest absolute Gasteiger partial charge is 0.152 e. The van der Waals surface area contributed by atoms with Gasteiger partial charge >= 0.3 is 0 Å². The van der Waals surface area contributed by atoms with E-state index in [0.29, 0.717) is 12.3 Å². The van der Waals surface area contributed by atoms with Gasteiger partial charge < -0.3 is 5.73 Å². The van der Waals surface area contributed by atoms with Gasteiger partial charge in [-0.2, -0.15) is 0 Å². The summed E-state index contributed by atoms with van der Waals surface area (Å²) in [5.74, 6) is 0.696. The van der Waals surface area contributed by atoms with E-state index in [2.05, 4.69) is 13.8 Å². The van der Waals surface area contributed by atoms with Crippen LogP contribution < -0.4 is 5.73 Å². The van der Waals surface area contributed by atoms with Gasteiger partial charge in [0.15, 0.2) is 9.84 Å². The summed E-state index contributed by atoms with van der Waals surface area (Å²) in [6.07, 6.45) is 1.48. The molecule has 0 aromatic carbocycles. The highest BCUT2D eigenvalue weighted by Crippen LogP contribution is 2.09. The highest BCUT2D eigenvalue weighted by Gasteiger charge is 2.16. The number of sulfone groups is 1.